The summed E-state index contributed by atoms with van der Waals surface area (Å²) in [6, 6.07) is 13.4. The lowest BCUT2D eigenvalue weighted by atomic mass is 10.1. The first-order valence-corrected chi connectivity index (χ1v) is 10.3. The normalized spacial score (nSPS) is 15.4. The fourth-order valence-electron chi connectivity index (χ4n) is 3.27. The van der Waals surface area contributed by atoms with Gasteiger partial charge in [-0.2, -0.15) is 0 Å². The van der Waals surface area contributed by atoms with Crippen LogP contribution in [0.1, 0.15) is 23.2 Å². The molecule has 0 aromatic heterocycles. The highest BCUT2D eigenvalue weighted by Crippen LogP contribution is 2.27. The van der Waals surface area contributed by atoms with Gasteiger partial charge in [0.15, 0.2) is 9.84 Å². The number of sulfone groups is 1. The standard InChI is InChI=1S/C20H23NO5S/c1-25-16-6-8-18(9-7-16)27(23,24)19-10-12-21(13-11-19)20(22)15-4-3-5-17(14-15)26-2/h3-9,14,19H,10-13H2,1-2H3. The number of ether oxygens (including phenoxy) is 2. The van der Waals surface area contributed by atoms with Crippen LogP contribution in [0, 0.1) is 0 Å². The number of methoxy groups -OCH3 is 2. The summed E-state index contributed by atoms with van der Waals surface area (Å²) < 4.78 is 36.0. The zero-order valence-electron chi connectivity index (χ0n) is 15.4. The molecule has 0 radical (unpaired) electrons. The van der Waals surface area contributed by atoms with Crippen LogP contribution in [-0.4, -0.2) is 51.8 Å². The molecule has 7 heteroatoms. The number of piperidine rings is 1. The largest absolute Gasteiger partial charge is 0.497 e. The third-order valence-corrected chi connectivity index (χ3v) is 7.15. The number of hydrogen-bond donors (Lipinski definition) is 0. The number of carbonyl (C=O) groups is 1. The molecular formula is C20H23NO5S. The first-order chi connectivity index (χ1) is 13.0. The van der Waals surface area contributed by atoms with Crippen molar-refractivity contribution in [1.29, 1.82) is 0 Å². The van der Waals surface area contributed by atoms with E-state index in [9.17, 15) is 13.2 Å². The Bertz CT molecular complexity index is 900. The molecule has 0 N–H and O–H groups in total. The van der Waals surface area contributed by atoms with Crippen molar-refractivity contribution in [1.82, 2.24) is 4.90 Å². The van der Waals surface area contributed by atoms with Crippen molar-refractivity contribution in [2.45, 2.75) is 23.0 Å². The van der Waals surface area contributed by atoms with Crippen LogP contribution in [0.15, 0.2) is 53.4 Å². The van der Waals surface area contributed by atoms with E-state index >= 15 is 0 Å². The number of nitrogens with zero attached hydrogens (tertiary/aromatic N) is 1. The lowest BCUT2D eigenvalue weighted by molar-refractivity contribution is 0.0725. The van der Waals surface area contributed by atoms with Gasteiger partial charge in [0.1, 0.15) is 11.5 Å². The number of benzene rings is 2. The van der Waals surface area contributed by atoms with Gasteiger partial charge in [0.25, 0.3) is 5.91 Å². The summed E-state index contributed by atoms with van der Waals surface area (Å²) in [6.07, 6.45) is 0.841. The van der Waals surface area contributed by atoms with Gasteiger partial charge in [-0.1, -0.05) is 6.07 Å². The number of carbonyl (C=O) groups excluding carboxylic acids is 1. The van der Waals surface area contributed by atoms with Crippen LogP contribution >= 0.6 is 0 Å². The van der Waals surface area contributed by atoms with E-state index in [1.165, 1.54) is 0 Å². The van der Waals surface area contributed by atoms with Gasteiger partial charge in [0.05, 0.1) is 24.4 Å². The van der Waals surface area contributed by atoms with Crippen LogP contribution < -0.4 is 9.47 Å². The predicted molar refractivity (Wildman–Crippen MR) is 102 cm³/mol. The summed E-state index contributed by atoms with van der Waals surface area (Å²) >= 11 is 0. The van der Waals surface area contributed by atoms with Gasteiger partial charge < -0.3 is 14.4 Å². The Labute approximate surface area is 159 Å². The predicted octanol–water partition coefficient (Wildman–Crippen LogP) is 2.78. The van der Waals surface area contributed by atoms with Crippen LogP contribution in [0.3, 0.4) is 0 Å². The van der Waals surface area contributed by atoms with Crippen molar-refractivity contribution < 1.29 is 22.7 Å². The molecule has 1 amide bonds. The molecule has 0 bridgehead atoms. The molecule has 27 heavy (non-hydrogen) atoms. The summed E-state index contributed by atoms with van der Waals surface area (Å²) in [7, 11) is -0.330. The van der Waals surface area contributed by atoms with Crippen LogP contribution in [0.4, 0.5) is 0 Å². The molecule has 0 spiro atoms. The van der Waals surface area contributed by atoms with Gasteiger partial charge in [-0.25, -0.2) is 8.42 Å². The first-order valence-electron chi connectivity index (χ1n) is 8.77. The van der Waals surface area contributed by atoms with Crippen molar-refractivity contribution in [3.8, 4) is 11.5 Å². The molecule has 0 atom stereocenters. The Kier molecular flexibility index (Phi) is 5.70. The maximum absolute atomic E-state index is 12.9. The monoisotopic (exact) mass is 389 g/mol. The highest BCUT2D eigenvalue weighted by atomic mass is 32.2. The van der Waals surface area contributed by atoms with Crippen molar-refractivity contribution in [2.75, 3.05) is 27.3 Å². The number of likely N-dealkylation sites (tertiary alicyclic amines) is 1. The molecular weight excluding hydrogens is 366 g/mol. The minimum absolute atomic E-state index is 0.103. The van der Waals surface area contributed by atoms with Gasteiger partial charge in [-0.3, -0.25) is 4.79 Å². The Morgan fingerprint density at radius 2 is 1.59 bits per heavy atom. The fourth-order valence-corrected chi connectivity index (χ4v) is 5.00. The second-order valence-electron chi connectivity index (χ2n) is 6.44. The summed E-state index contributed by atoms with van der Waals surface area (Å²) in [4.78, 5) is 14.7. The second kappa shape index (κ2) is 8.00. The summed E-state index contributed by atoms with van der Waals surface area (Å²) in [5.74, 6) is 1.14. The lowest BCUT2D eigenvalue weighted by Gasteiger charge is -2.32. The van der Waals surface area contributed by atoms with Crippen molar-refractivity contribution in [3.05, 3.63) is 54.1 Å². The molecule has 0 saturated carbocycles. The van der Waals surface area contributed by atoms with Gasteiger partial charge in [-0.05, 0) is 55.3 Å². The van der Waals surface area contributed by atoms with E-state index in [0.29, 0.717) is 47.9 Å². The summed E-state index contributed by atoms with van der Waals surface area (Å²) in [5.41, 5.74) is 0.547. The average Bonchev–Trinajstić information content (AvgIpc) is 2.73. The van der Waals surface area contributed by atoms with Crippen molar-refractivity contribution in [3.63, 3.8) is 0 Å². The minimum Gasteiger partial charge on any atom is -0.497 e. The summed E-state index contributed by atoms with van der Waals surface area (Å²) in [6.45, 7) is 0.826. The topological polar surface area (TPSA) is 72.9 Å². The average molecular weight is 389 g/mol. The van der Waals surface area contributed by atoms with Crippen LogP contribution in [-0.2, 0) is 9.84 Å². The molecule has 1 aliphatic heterocycles. The molecule has 2 aromatic carbocycles. The van der Waals surface area contributed by atoms with Crippen molar-refractivity contribution in [2.24, 2.45) is 0 Å². The zero-order valence-corrected chi connectivity index (χ0v) is 16.2. The van der Waals surface area contributed by atoms with Crippen LogP contribution in [0.2, 0.25) is 0 Å². The third kappa shape index (κ3) is 4.08. The third-order valence-electron chi connectivity index (χ3n) is 4.87. The maximum atomic E-state index is 12.9. The Morgan fingerprint density at radius 1 is 0.963 bits per heavy atom. The maximum Gasteiger partial charge on any atom is 0.253 e. The van der Waals surface area contributed by atoms with Crippen LogP contribution in [0.5, 0.6) is 11.5 Å². The zero-order chi connectivity index (χ0) is 19.4. The molecule has 1 aliphatic rings. The first kappa shape index (κ1) is 19.2. The Balaban J connectivity index is 1.67. The molecule has 1 fully saturated rings. The van der Waals surface area contributed by atoms with E-state index in [2.05, 4.69) is 0 Å². The van der Waals surface area contributed by atoms with E-state index in [1.807, 2.05) is 0 Å². The molecule has 1 heterocycles. The molecule has 6 nitrogen and oxygen atoms in total. The summed E-state index contributed by atoms with van der Waals surface area (Å²) in [5, 5.41) is -0.486. The molecule has 2 aromatic rings. The van der Waals surface area contributed by atoms with Gasteiger partial charge in [-0.15, -0.1) is 0 Å². The fraction of sp³-hybridized carbons (Fsp3) is 0.350. The minimum atomic E-state index is -3.42. The molecule has 0 aliphatic carbocycles. The lowest BCUT2D eigenvalue weighted by Crippen LogP contribution is -2.42. The van der Waals surface area contributed by atoms with E-state index in [0.717, 1.165) is 0 Å². The smallest absolute Gasteiger partial charge is 0.253 e. The quantitative estimate of drug-likeness (QED) is 0.786. The van der Waals surface area contributed by atoms with Gasteiger partial charge in [0.2, 0.25) is 0 Å². The van der Waals surface area contributed by atoms with E-state index in [-0.39, 0.29) is 5.91 Å². The molecule has 3 rings (SSSR count). The molecule has 1 saturated heterocycles. The van der Waals surface area contributed by atoms with Gasteiger partial charge in [0, 0.05) is 18.7 Å². The van der Waals surface area contributed by atoms with Crippen molar-refractivity contribution >= 4 is 15.7 Å². The number of hydrogen-bond acceptors (Lipinski definition) is 5. The van der Waals surface area contributed by atoms with Gasteiger partial charge >= 0.3 is 0 Å². The Hall–Kier alpha value is -2.54. The van der Waals surface area contributed by atoms with E-state index in [1.54, 1.807) is 67.7 Å². The van der Waals surface area contributed by atoms with Crippen LogP contribution in [0.25, 0.3) is 0 Å². The Morgan fingerprint density at radius 3 is 2.19 bits per heavy atom. The molecule has 144 valence electrons. The highest BCUT2D eigenvalue weighted by molar-refractivity contribution is 7.92. The number of rotatable bonds is 5. The SMILES string of the molecule is COc1ccc(S(=O)(=O)C2CCN(C(=O)c3cccc(OC)c3)CC2)cc1. The second-order valence-corrected chi connectivity index (χ2v) is 8.67. The number of amides is 1. The van der Waals surface area contributed by atoms with E-state index in [4.69, 9.17) is 9.47 Å². The van der Waals surface area contributed by atoms with E-state index < -0.39 is 15.1 Å². The highest BCUT2D eigenvalue weighted by Gasteiger charge is 2.33. The molecule has 0 unspecified atom stereocenters.